The summed E-state index contributed by atoms with van der Waals surface area (Å²) in [6.07, 6.45) is 7.60. The second-order valence-corrected chi connectivity index (χ2v) is 5.54. The number of aromatic nitrogens is 2. The van der Waals surface area contributed by atoms with E-state index in [9.17, 15) is 13.6 Å². The molecule has 126 valence electrons. The minimum absolute atomic E-state index is 0.150. The van der Waals surface area contributed by atoms with Gasteiger partial charge in [0.05, 0.1) is 24.5 Å². The van der Waals surface area contributed by atoms with Gasteiger partial charge in [0, 0.05) is 24.4 Å². The van der Waals surface area contributed by atoms with E-state index in [4.69, 9.17) is 4.74 Å². The molecule has 1 N–H and O–H groups in total. The van der Waals surface area contributed by atoms with Crippen LogP contribution < -0.4 is 5.32 Å². The lowest BCUT2D eigenvalue weighted by atomic mass is 10.2. The molecule has 1 aromatic heterocycles. The molecular weight excluding hydrogens is 316 g/mol. The van der Waals surface area contributed by atoms with Crippen LogP contribution in [0.4, 0.5) is 14.5 Å². The quantitative estimate of drug-likeness (QED) is 0.856. The zero-order valence-electron chi connectivity index (χ0n) is 12.9. The van der Waals surface area contributed by atoms with E-state index in [1.165, 1.54) is 12.3 Å². The Kier molecular flexibility index (Phi) is 5.00. The highest BCUT2D eigenvalue weighted by Gasteiger charge is 2.16. The average molecular weight is 333 g/mol. The van der Waals surface area contributed by atoms with E-state index in [1.807, 2.05) is 0 Å². The Bertz CT molecular complexity index is 732. The van der Waals surface area contributed by atoms with Gasteiger partial charge in [-0.25, -0.2) is 8.78 Å². The van der Waals surface area contributed by atoms with E-state index >= 15 is 0 Å². The summed E-state index contributed by atoms with van der Waals surface area (Å²) >= 11 is 0. The SMILES string of the molecule is O=C(C=Cc1c(F)cccc1F)Nc1cnn(CC2CCCO2)c1. The van der Waals surface area contributed by atoms with Gasteiger partial charge in [-0.2, -0.15) is 5.10 Å². The smallest absolute Gasteiger partial charge is 0.248 e. The van der Waals surface area contributed by atoms with Crippen molar-refractivity contribution in [3.05, 3.63) is 53.9 Å². The van der Waals surface area contributed by atoms with Gasteiger partial charge in [0.2, 0.25) is 5.91 Å². The number of ether oxygens (including phenoxy) is 1. The Morgan fingerprint density at radius 1 is 1.42 bits per heavy atom. The van der Waals surface area contributed by atoms with Crippen molar-refractivity contribution in [2.45, 2.75) is 25.5 Å². The third-order valence-corrected chi connectivity index (χ3v) is 3.72. The molecule has 2 aromatic rings. The lowest BCUT2D eigenvalue weighted by Crippen LogP contribution is -2.15. The molecule has 1 fully saturated rings. The molecule has 3 rings (SSSR count). The molecule has 1 aliphatic rings. The molecule has 0 spiro atoms. The monoisotopic (exact) mass is 333 g/mol. The summed E-state index contributed by atoms with van der Waals surface area (Å²) in [7, 11) is 0. The molecule has 0 aliphatic carbocycles. The van der Waals surface area contributed by atoms with Crippen molar-refractivity contribution in [2.24, 2.45) is 0 Å². The van der Waals surface area contributed by atoms with Gasteiger partial charge in [-0.05, 0) is 31.1 Å². The van der Waals surface area contributed by atoms with Crippen LogP contribution in [0.5, 0.6) is 0 Å². The van der Waals surface area contributed by atoms with Crippen LogP contribution in [0.25, 0.3) is 6.08 Å². The van der Waals surface area contributed by atoms with E-state index < -0.39 is 17.5 Å². The van der Waals surface area contributed by atoms with Crippen LogP contribution in [-0.4, -0.2) is 28.4 Å². The minimum atomic E-state index is -0.719. The summed E-state index contributed by atoms with van der Waals surface area (Å²) < 4.78 is 34.2. The fourth-order valence-corrected chi connectivity index (χ4v) is 2.54. The number of nitrogens with zero attached hydrogens (tertiary/aromatic N) is 2. The first-order valence-electron chi connectivity index (χ1n) is 7.69. The molecule has 0 saturated carbocycles. The Morgan fingerprint density at radius 2 is 2.21 bits per heavy atom. The fraction of sp³-hybridized carbons (Fsp3) is 0.294. The molecule has 1 aromatic carbocycles. The minimum Gasteiger partial charge on any atom is -0.376 e. The standard InChI is InChI=1S/C17H17F2N3O2/c18-15-4-1-5-16(19)14(15)6-7-17(23)21-12-9-20-22(10-12)11-13-3-2-8-24-13/h1,4-7,9-10,13H,2-3,8,11H2,(H,21,23). The van der Waals surface area contributed by atoms with Crippen LogP contribution in [0.2, 0.25) is 0 Å². The number of amides is 1. The Morgan fingerprint density at radius 3 is 2.92 bits per heavy atom. The Hall–Kier alpha value is -2.54. The Balaban J connectivity index is 1.58. The molecular formula is C17H17F2N3O2. The van der Waals surface area contributed by atoms with Gasteiger partial charge in [-0.3, -0.25) is 9.48 Å². The summed E-state index contributed by atoms with van der Waals surface area (Å²) in [5.74, 6) is -1.93. The van der Waals surface area contributed by atoms with E-state index in [2.05, 4.69) is 10.4 Å². The first-order valence-corrected chi connectivity index (χ1v) is 7.69. The van der Waals surface area contributed by atoms with E-state index in [-0.39, 0.29) is 11.7 Å². The molecule has 1 atom stereocenters. The van der Waals surface area contributed by atoms with Crippen molar-refractivity contribution in [3.63, 3.8) is 0 Å². The van der Waals surface area contributed by atoms with Crippen LogP contribution in [0, 0.1) is 11.6 Å². The number of hydrogen-bond donors (Lipinski definition) is 1. The molecule has 24 heavy (non-hydrogen) atoms. The van der Waals surface area contributed by atoms with Crippen molar-refractivity contribution in [1.82, 2.24) is 9.78 Å². The maximum Gasteiger partial charge on any atom is 0.248 e. The zero-order valence-corrected chi connectivity index (χ0v) is 12.9. The molecule has 5 nitrogen and oxygen atoms in total. The molecule has 1 unspecified atom stereocenters. The number of rotatable bonds is 5. The van der Waals surface area contributed by atoms with Crippen LogP contribution in [0.15, 0.2) is 36.7 Å². The first-order chi connectivity index (χ1) is 11.6. The van der Waals surface area contributed by atoms with Crippen molar-refractivity contribution in [3.8, 4) is 0 Å². The van der Waals surface area contributed by atoms with Gasteiger partial charge < -0.3 is 10.1 Å². The topological polar surface area (TPSA) is 56.2 Å². The summed E-state index contributed by atoms with van der Waals surface area (Å²) in [6.45, 7) is 1.40. The third-order valence-electron chi connectivity index (χ3n) is 3.72. The van der Waals surface area contributed by atoms with E-state index in [1.54, 1.807) is 10.9 Å². The predicted molar refractivity (Wildman–Crippen MR) is 85.2 cm³/mol. The van der Waals surface area contributed by atoms with E-state index in [0.717, 1.165) is 43.7 Å². The molecule has 1 saturated heterocycles. The molecule has 2 heterocycles. The lowest BCUT2D eigenvalue weighted by molar-refractivity contribution is -0.111. The lowest BCUT2D eigenvalue weighted by Gasteiger charge is -2.08. The van der Waals surface area contributed by atoms with Crippen LogP contribution in [0.3, 0.4) is 0 Å². The van der Waals surface area contributed by atoms with Crippen LogP contribution in [-0.2, 0) is 16.1 Å². The average Bonchev–Trinajstić information content (AvgIpc) is 3.19. The maximum absolute atomic E-state index is 13.5. The van der Waals surface area contributed by atoms with Gasteiger partial charge in [0.25, 0.3) is 0 Å². The normalized spacial score (nSPS) is 17.5. The highest BCUT2D eigenvalue weighted by Crippen LogP contribution is 2.16. The first kappa shape index (κ1) is 16.3. The highest BCUT2D eigenvalue weighted by atomic mass is 19.1. The maximum atomic E-state index is 13.5. The fourth-order valence-electron chi connectivity index (χ4n) is 2.54. The van der Waals surface area contributed by atoms with Gasteiger partial charge >= 0.3 is 0 Å². The van der Waals surface area contributed by atoms with Crippen LogP contribution in [0.1, 0.15) is 18.4 Å². The molecule has 1 aliphatic heterocycles. The van der Waals surface area contributed by atoms with Crippen molar-refractivity contribution >= 4 is 17.7 Å². The number of carbonyl (C=O) groups excluding carboxylic acids is 1. The zero-order chi connectivity index (χ0) is 16.9. The largest absolute Gasteiger partial charge is 0.376 e. The Labute approximate surface area is 137 Å². The van der Waals surface area contributed by atoms with Gasteiger partial charge in [-0.15, -0.1) is 0 Å². The molecule has 0 bridgehead atoms. The summed E-state index contributed by atoms with van der Waals surface area (Å²) in [5.41, 5.74) is 0.262. The van der Waals surface area contributed by atoms with Crippen LogP contribution >= 0.6 is 0 Å². The number of halogens is 2. The summed E-state index contributed by atoms with van der Waals surface area (Å²) in [5, 5.41) is 6.76. The van der Waals surface area contributed by atoms with Crippen molar-refractivity contribution < 1.29 is 18.3 Å². The van der Waals surface area contributed by atoms with Gasteiger partial charge in [0.1, 0.15) is 11.6 Å². The molecule has 0 radical (unpaired) electrons. The number of carbonyl (C=O) groups is 1. The third kappa shape index (κ3) is 4.05. The van der Waals surface area contributed by atoms with Crippen molar-refractivity contribution in [2.75, 3.05) is 11.9 Å². The summed E-state index contributed by atoms with van der Waals surface area (Å²) in [6, 6.07) is 3.54. The second-order valence-electron chi connectivity index (χ2n) is 5.54. The van der Waals surface area contributed by atoms with Gasteiger partial charge in [0.15, 0.2) is 0 Å². The number of hydrogen-bond acceptors (Lipinski definition) is 3. The summed E-state index contributed by atoms with van der Waals surface area (Å²) in [4.78, 5) is 11.9. The van der Waals surface area contributed by atoms with Crippen molar-refractivity contribution in [1.29, 1.82) is 0 Å². The number of anilines is 1. The van der Waals surface area contributed by atoms with E-state index in [0.29, 0.717) is 12.2 Å². The highest BCUT2D eigenvalue weighted by molar-refractivity contribution is 6.01. The number of nitrogens with one attached hydrogen (secondary N) is 1. The molecule has 7 heteroatoms. The molecule has 1 amide bonds. The number of benzene rings is 1. The second kappa shape index (κ2) is 7.35. The van der Waals surface area contributed by atoms with Gasteiger partial charge in [-0.1, -0.05) is 6.07 Å². The predicted octanol–water partition coefficient (Wildman–Crippen LogP) is 2.99.